The van der Waals surface area contributed by atoms with E-state index < -0.39 is 0 Å². The zero-order chi connectivity index (χ0) is 24.1. The van der Waals surface area contributed by atoms with Crippen molar-refractivity contribution in [2.24, 2.45) is 0 Å². The number of halogens is 1. The fourth-order valence-electron chi connectivity index (χ4n) is 3.83. The number of ether oxygens (including phenoxy) is 2. The summed E-state index contributed by atoms with van der Waals surface area (Å²) in [7, 11) is 3.18. The van der Waals surface area contributed by atoms with Crippen LogP contribution < -0.4 is 19.7 Å². The molecular formula is C26H25ClN2O4S. The molecule has 34 heavy (non-hydrogen) atoms. The van der Waals surface area contributed by atoms with Gasteiger partial charge in [0.05, 0.1) is 19.9 Å². The highest BCUT2D eigenvalue weighted by Crippen LogP contribution is 2.46. The fraction of sp³-hybridized carbons (Fsp3) is 0.231. The molecule has 2 amide bonds. The number of hydrogen-bond donors (Lipinski definition) is 1. The van der Waals surface area contributed by atoms with Crippen LogP contribution >= 0.6 is 23.4 Å². The van der Waals surface area contributed by atoms with E-state index >= 15 is 0 Å². The number of carbonyl (C=O) groups is 2. The molecule has 0 aromatic heterocycles. The Labute approximate surface area is 208 Å². The molecular weight excluding hydrogens is 472 g/mol. The number of methoxy groups -OCH3 is 2. The highest BCUT2D eigenvalue weighted by molar-refractivity contribution is 7.99. The Bertz CT molecular complexity index is 1200. The average Bonchev–Trinajstić information content (AvgIpc) is 2.99. The van der Waals surface area contributed by atoms with Gasteiger partial charge in [0, 0.05) is 28.1 Å². The Morgan fingerprint density at radius 2 is 1.79 bits per heavy atom. The summed E-state index contributed by atoms with van der Waals surface area (Å²) in [5.74, 6) is 0.873. The van der Waals surface area contributed by atoms with E-state index in [4.69, 9.17) is 21.1 Å². The van der Waals surface area contributed by atoms with Crippen LogP contribution in [0.3, 0.4) is 0 Å². The molecule has 1 aliphatic heterocycles. The highest BCUT2D eigenvalue weighted by atomic mass is 35.5. The summed E-state index contributed by atoms with van der Waals surface area (Å²) < 4.78 is 10.8. The zero-order valence-corrected chi connectivity index (χ0v) is 20.5. The molecule has 1 N–H and O–H groups in total. The molecule has 3 aromatic rings. The maximum atomic E-state index is 13.4. The van der Waals surface area contributed by atoms with Gasteiger partial charge in [-0.25, -0.2) is 0 Å². The molecule has 1 aliphatic rings. The lowest BCUT2D eigenvalue weighted by molar-refractivity contribution is -0.124. The van der Waals surface area contributed by atoms with Gasteiger partial charge in [-0.1, -0.05) is 48.0 Å². The van der Waals surface area contributed by atoms with Crippen molar-refractivity contribution in [3.63, 3.8) is 0 Å². The lowest BCUT2D eigenvalue weighted by Crippen LogP contribution is -2.40. The quantitative estimate of drug-likeness (QED) is 0.484. The van der Waals surface area contributed by atoms with Gasteiger partial charge in [0.25, 0.3) is 0 Å². The van der Waals surface area contributed by atoms with Crippen molar-refractivity contribution < 1.29 is 19.1 Å². The van der Waals surface area contributed by atoms with E-state index in [0.29, 0.717) is 23.1 Å². The first-order valence-electron chi connectivity index (χ1n) is 10.8. The first-order valence-corrected chi connectivity index (χ1v) is 12.0. The van der Waals surface area contributed by atoms with Crippen LogP contribution in [-0.4, -0.2) is 32.6 Å². The van der Waals surface area contributed by atoms with Gasteiger partial charge in [-0.15, -0.1) is 11.8 Å². The number of anilines is 1. The Hall–Kier alpha value is -3.16. The smallest absolute Gasteiger partial charge is 0.240 e. The van der Waals surface area contributed by atoms with Crippen molar-refractivity contribution in [3.05, 3.63) is 82.9 Å². The van der Waals surface area contributed by atoms with Crippen LogP contribution in [0.25, 0.3) is 0 Å². The third-order valence-corrected chi connectivity index (χ3v) is 7.29. The Kier molecular flexibility index (Phi) is 7.65. The van der Waals surface area contributed by atoms with Crippen molar-refractivity contribution >= 4 is 40.9 Å². The number of fused-ring (bicyclic) bond motifs is 1. The van der Waals surface area contributed by atoms with Crippen molar-refractivity contribution in [1.82, 2.24) is 5.32 Å². The Balaban J connectivity index is 1.54. The standard InChI is InChI=1S/C26H25ClN2O4S/c1-32-21-12-11-17(13-22(21)33-2)24-14-26(31)29(20-9-5-6-10-23(20)34-24)16-25(30)28-15-18-7-3-4-8-19(18)27/h3-13,24H,14-16H2,1-2H3,(H,28,30)/t24-/m0/s1. The molecule has 0 bridgehead atoms. The van der Waals surface area contributed by atoms with Gasteiger partial charge in [0.1, 0.15) is 6.54 Å². The molecule has 0 unspecified atom stereocenters. The first kappa shape index (κ1) is 24.0. The number of benzene rings is 3. The van der Waals surface area contributed by atoms with Gasteiger partial charge in [-0.05, 0) is 41.5 Å². The summed E-state index contributed by atoms with van der Waals surface area (Å²) in [6.07, 6.45) is 0.243. The van der Waals surface area contributed by atoms with Gasteiger partial charge >= 0.3 is 0 Å². The number of carbonyl (C=O) groups excluding carboxylic acids is 2. The Morgan fingerprint density at radius 1 is 1.06 bits per heavy atom. The summed E-state index contributed by atoms with van der Waals surface area (Å²) in [6, 6.07) is 20.7. The first-order chi connectivity index (χ1) is 16.5. The van der Waals surface area contributed by atoms with Gasteiger partial charge in [-0.3, -0.25) is 9.59 Å². The third kappa shape index (κ3) is 5.32. The van der Waals surface area contributed by atoms with E-state index in [1.807, 2.05) is 60.7 Å². The van der Waals surface area contributed by atoms with Crippen molar-refractivity contribution in [1.29, 1.82) is 0 Å². The lowest BCUT2D eigenvalue weighted by Gasteiger charge is -2.22. The van der Waals surface area contributed by atoms with Crippen LogP contribution in [-0.2, 0) is 16.1 Å². The second-order valence-electron chi connectivity index (χ2n) is 7.74. The number of para-hydroxylation sites is 1. The molecule has 0 spiro atoms. The molecule has 176 valence electrons. The lowest BCUT2D eigenvalue weighted by atomic mass is 10.1. The average molecular weight is 497 g/mol. The summed E-state index contributed by atoms with van der Waals surface area (Å²) >= 11 is 7.79. The molecule has 6 nitrogen and oxygen atoms in total. The minimum absolute atomic E-state index is 0.0699. The van der Waals surface area contributed by atoms with E-state index in [2.05, 4.69) is 5.32 Å². The molecule has 1 atom stereocenters. The van der Waals surface area contributed by atoms with Crippen LogP contribution in [0.5, 0.6) is 11.5 Å². The highest BCUT2D eigenvalue weighted by Gasteiger charge is 2.30. The van der Waals surface area contributed by atoms with Gasteiger partial charge in [-0.2, -0.15) is 0 Å². The van der Waals surface area contributed by atoms with Crippen LogP contribution in [0.4, 0.5) is 5.69 Å². The third-order valence-electron chi connectivity index (χ3n) is 5.60. The predicted octanol–water partition coefficient (Wildman–Crippen LogP) is 5.24. The number of thioether (sulfide) groups is 1. The van der Waals surface area contributed by atoms with E-state index in [1.165, 1.54) is 0 Å². The molecule has 0 radical (unpaired) electrons. The summed E-state index contributed by atoms with van der Waals surface area (Å²) in [6.45, 7) is 0.227. The van der Waals surface area contributed by atoms with Crippen LogP contribution in [0, 0.1) is 0 Å². The van der Waals surface area contributed by atoms with Gasteiger partial charge < -0.3 is 19.7 Å². The minimum Gasteiger partial charge on any atom is -0.493 e. The molecule has 1 heterocycles. The van der Waals surface area contributed by atoms with E-state index in [1.54, 1.807) is 36.9 Å². The number of amides is 2. The largest absolute Gasteiger partial charge is 0.493 e. The molecule has 0 aliphatic carbocycles. The van der Waals surface area contributed by atoms with Crippen molar-refractivity contribution in [2.45, 2.75) is 23.1 Å². The summed E-state index contributed by atoms with van der Waals surface area (Å²) in [5.41, 5.74) is 2.51. The fourth-order valence-corrected chi connectivity index (χ4v) is 5.30. The zero-order valence-electron chi connectivity index (χ0n) is 18.9. The second-order valence-corrected chi connectivity index (χ2v) is 9.39. The van der Waals surface area contributed by atoms with E-state index in [9.17, 15) is 9.59 Å². The number of nitrogens with one attached hydrogen (secondary N) is 1. The SMILES string of the molecule is COc1ccc([C@@H]2CC(=O)N(CC(=O)NCc3ccccc3Cl)c3ccccc3S2)cc1OC. The molecule has 4 rings (SSSR count). The predicted molar refractivity (Wildman–Crippen MR) is 135 cm³/mol. The van der Waals surface area contributed by atoms with E-state index in [0.717, 1.165) is 21.7 Å². The van der Waals surface area contributed by atoms with Crippen molar-refractivity contribution in [3.8, 4) is 11.5 Å². The van der Waals surface area contributed by atoms with Crippen LogP contribution in [0.15, 0.2) is 71.6 Å². The summed E-state index contributed by atoms with van der Waals surface area (Å²) in [5, 5.41) is 3.33. The van der Waals surface area contributed by atoms with Crippen LogP contribution in [0.2, 0.25) is 5.02 Å². The minimum atomic E-state index is -0.252. The molecule has 0 saturated carbocycles. The maximum Gasteiger partial charge on any atom is 0.240 e. The number of nitrogens with zero attached hydrogens (tertiary/aromatic N) is 1. The van der Waals surface area contributed by atoms with Crippen LogP contribution in [0.1, 0.15) is 22.8 Å². The van der Waals surface area contributed by atoms with E-state index in [-0.39, 0.29) is 30.0 Å². The number of hydrogen-bond acceptors (Lipinski definition) is 5. The molecule has 0 saturated heterocycles. The molecule has 3 aromatic carbocycles. The normalized spacial score (nSPS) is 15.3. The maximum absolute atomic E-state index is 13.4. The molecule has 8 heteroatoms. The topological polar surface area (TPSA) is 67.9 Å². The summed E-state index contributed by atoms with van der Waals surface area (Å²) in [4.78, 5) is 28.6. The van der Waals surface area contributed by atoms with Gasteiger partial charge in [0.2, 0.25) is 11.8 Å². The second kappa shape index (κ2) is 10.8. The monoisotopic (exact) mass is 496 g/mol. The van der Waals surface area contributed by atoms with Gasteiger partial charge in [0.15, 0.2) is 11.5 Å². The molecule has 0 fully saturated rings. The number of rotatable bonds is 7. The van der Waals surface area contributed by atoms with Crippen molar-refractivity contribution in [2.75, 3.05) is 25.7 Å². The Morgan fingerprint density at radius 3 is 2.56 bits per heavy atom.